The second kappa shape index (κ2) is 8.24. The number of nitrogens with two attached hydrogens (primary N) is 1. The lowest BCUT2D eigenvalue weighted by molar-refractivity contribution is -0.143. The summed E-state index contributed by atoms with van der Waals surface area (Å²) in [6, 6.07) is 2.75. The van der Waals surface area contributed by atoms with Crippen molar-refractivity contribution in [2.24, 2.45) is 5.73 Å². The molecule has 0 saturated heterocycles. The Balaban J connectivity index is 0.00000324. The summed E-state index contributed by atoms with van der Waals surface area (Å²) in [7, 11) is 1.45. The zero-order valence-corrected chi connectivity index (χ0v) is 13.1. The van der Waals surface area contributed by atoms with E-state index in [2.05, 4.69) is 15.9 Å². The summed E-state index contributed by atoms with van der Waals surface area (Å²) in [5.74, 6) is -0.0450. The second-order valence-corrected chi connectivity index (χ2v) is 4.52. The van der Waals surface area contributed by atoms with E-state index in [1.165, 1.54) is 7.11 Å². The van der Waals surface area contributed by atoms with Gasteiger partial charge in [0.25, 0.3) is 0 Å². The van der Waals surface area contributed by atoms with Crippen molar-refractivity contribution < 1.29 is 19.4 Å². The maximum atomic E-state index is 11.3. The number of phenolic OH excluding ortho intramolecular Hbond substituents is 1. The highest BCUT2D eigenvalue weighted by Gasteiger charge is 2.16. The summed E-state index contributed by atoms with van der Waals surface area (Å²) < 4.78 is 10.3. The van der Waals surface area contributed by atoms with Crippen molar-refractivity contribution in [3.63, 3.8) is 0 Å². The van der Waals surface area contributed by atoms with Crippen LogP contribution in [0.2, 0.25) is 0 Å². The molecule has 0 aliphatic rings. The van der Waals surface area contributed by atoms with E-state index in [-0.39, 0.29) is 30.5 Å². The molecule has 0 spiro atoms. The molecule has 1 aromatic rings. The molecule has 1 rings (SSSR count). The molecule has 0 radical (unpaired) electrons. The molecule has 5 nitrogen and oxygen atoms in total. The van der Waals surface area contributed by atoms with E-state index in [9.17, 15) is 9.90 Å². The molecule has 7 heteroatoms. The van der Waals surface area contributed by atoms with Gasteiger partial charge in [0, 0.05) is 6.04 Å². The van der Waals surface area contributed by atoms with Crippen LogP contribution < -0.4 is 10.5 Å². The first-order valence-electron chi connectivity index (χ1n) is 5.47. The van der Waals surface area contributed by atoms with Crippen molar-refractivity contribution in [3.05, 3.63) is 22.2 Å². The summed E-state index contributed by atoms with van der Waals surface area (Å²) in [6.07, 6.45) is 0.0776. The van der Waals surface area contributed by atoms with Crippen molar-refractivity contribution in [2.75, 3.05) is 13.7 Å². The first-order valence-corrected chi connectivity index (χ1v) is 6.26. The van der Waals surface area contributed by atoms with E-state index in [1.807, 2.05) is 0 Å². The number of hydrogen-bond acceptors (Lipinski definition) is 5. The van der Waals surface area contributed by atoms with Gasteiger partial charge in [-0.05, 0) is 40.5 Å². The van der Waals surface area contributed by atoms with E-state index in [4.69, 9.17) is 15.2 Å². The van der Waals surface area contributed by atoms with Gasteiger partial charge in [0.05, 0.1) is 24.6 Å². The Kier molecular flexibility index (Phi) is 7.82. The highest BCUT2D eigenvalue weighted by molar-refractivity contribution is 9.10. The number of ether oxygens (including phenoxy) is 2. The molecule has 0 unspecified atom stereocenters. The summed E-state index contributed by atoms with van der Waals surface area (Å²) in [5, 5.41) is 9.67. The lowest BCUT2D eigenvalue weighted by atomic mass is 10.0. The number of benzene rings is 1. The van der Waals surface area contributed by atoms with Gasteiger partial charge in [-0.2, -0.15) is 0 Å². The highest BCUT2D eigenvalue weighted by atomic mass is 79.9. The Morgan fingerprint density at radius 3 is 2.68 bits per heavy atom. The molecule has 0 aliphatic carbocycles. The van der Waals surface area contributed by atoms with Crippen LogP contribution in [0.15, 0.2) is 16.6 Å². The molecule has 0 aromatic heterocycles. The van der Waals surface area contributed by atoms with Gasteiger partial charge in [0.1, 0.15) is 0 Å². The van der Waals surface area contributed by atoms with Gasteiger partial charge < -0.3 is 20.3 Å². The number of halogens is 2. The second-order valence-electron chi connectivity index (χ2n) is 3.67. The standard InChI is InChI=1S/C12H16BrNO4.ClH/c1-3-18-11(15)6-9(14)7-4-8(13)12(16)10(5-7)17-2;/h4-5,9,16H,3,6,14H2,1-2H3;1H/t9-;/m1./s1. The molecule has 1 aromatic carbocycles. The molecule has 1 atom stereocenters. The molecular formula is C12H17BrClNO4. The molecule has 0 saturated carbocycles. The van der Waals surface area contributed by atoms with Crippen molar-refractivity contribution in [1.29, 1.82) is 0 Å². The molecule has 0 fully saturated rings. The fourth-order valence-electron chi connectivity index (χ4n) is 1.48. The molecule has 19 heavy (non-hydrogen) atoms. The van der Waals surface area contributed by atoms with Gasteiger partial charge in [-0.1, -0.05) is 0 Å². The fourth-order valence-corrected chi connectivity index (χ4v) is 1.94. The van der Waals surface area contributed by atoms with Gasteiger partial charge >= 0.3 is 5.97 Å². The molecular weight excluding hydrogens is 337 g/mol. The Morgan fingerprint density at radius 1 is 1.53 bits per heavy atom. The van der Waals surface area contributed by atoms with Crippen LogP contribution in [-0.2, 0) is 9.53 Å². The number of aromatic hydroxyl groups is 1. The van der Waals surface area contributed by atoms with Crippen molar-refractivity contribution in [3.8, 4) is 11.5 Å². The predicted octanol–water partition coefficient (Wildman–Crippen LogP) is 2.54. The Bertz CT molecular complexity index is 442. The average molecular weight is 355 g/mol. The van der Waals surface area contributed by atoms with Crippen LogP contribution in [0.1, 0.15) is 24.9 Å². The molecule has 0 amide bonds. The van der Waals surface area contributed by atoms with E-state index < -0.39 is 6.04 Å². The Labute approximate surface area is 126 Å². The van der Waals surface area contributed by atoms with Crippen molar-refractivity contribution in [2.45, 2.75) is 19.4 Å². The van der Waals surface area contributed by atoms with Crippen LogP contribution >= 0.6 is 28.3 Å². The maximum absolute atomic E-state index is 11.3. The first kappa shape index (κ1) is 18.0. The molecule has 0 heterocycles. The minimum atomic E-state index is -0.505. The van der Waals surface area contributed by atoms with Crippen LogP contribution in [0.25, 0.3) is 0 Å². The van der Waals surface area contributed by atoms with Crippen LogP contribution in [0.5, 0.6) is 11.5 Å². The van der Waals surface area contributed by atoms with Crippen LogP contribution in [0, 0.1) is 0 Å². The number of methoxy groups -OCH3 is 1. The molecule has 0 bridgehead atoms. The van der Waals surface area contributed by atoms with Gasteiger partial charge in [0.2, 0.25) is 0 Å². The summed E-state index contributed by atoms with van der Waals surface area (Å²) in [5.41, 5.74) is 6.59. The smallest absolute Gasteiger partial charge is 0.307 e. The minimum Gasteiger partial charge on any atom is -0.503 e. The van der Waals surface area contributed by atoms with Crippen molar-refractivity contribution >= 4 is 34.3 Å². The fraction of sp³-hybridized carbons (Fsp3) is 0.417. The number of esters is 1. The molecule has 3 N–H and O–H groups in total. The summed E-state index contributed by atoms with van der Waals surface area (Å²) in [6.45, 7) is 2.07. The van der Waals surface area contributed by atoms with Gasteiger partial charge in [0.15, 0.2) is 11.5 Å². The van der Waals surface area contributed by atoms with E-state index >= 15 is 0 Å². The number of carbonyl (C=O) groups is 1. The maximum Gasteiger partial charge on any atom is 0.307 e. The minimum absolute atomic E-state index is 0. The summed E-state index contributed by atoms with van der Waals surface area (Å²) >= 11 is 3.20. The monoisotopic (exact) mass is 353 g/mol. The number of rotatable bonds is 5. The third-order valence-electron chi connectivity index (χ3n) is 2.39. The largest absolute Gasteiger partial charge is 0.503 e. The quantitative estimate of drug-likeness (QED) is 0.794. The topological polar surface area (TPSA) is 81.8 Å². The van der Waals surface area contributed by atoms with Gasteiger partial charge in [-0.25, -0.2) is 0 Å². The predicted molar refractivity (Wildman–Crippen MR) is 77.8 cm³/mol. The third kappa shape index (κ3) is 4.89. The number of carbonyl (C=O) groups excluding carboxylic acids is 1. The Morgan fingerprint density at radius 2 is 2.16 bits per heavy atom. The highest BCUT2D eigenvalue weighted by Crippen LogP contribution is 2.36. The number of phenols is 1. The van der Waals surface area contributed by atoms with Gasteiger partial charge in [-0.15, -0.1) is 12.4 Å². The van der Waals surface area contributed by atoms with E-state index in [0.29, 0.717) is 22.4 Å². The normalized spacial score (nSPS) is 11.4. The lowest BCUT2D eigenvalue weighted by Gasteiger charge is -2.14. The van der Waals surface area contributed by atoms with Gasteiger partial charge in [-0.3, -0.25) is 4.79 Å². The van der Waals surface area contributed by atoms with Crippen molar-refractivity contribution in [1.82, 2.24) is 0 Å². The third-order valence-corrected chi connectivity index (χ3v) is 3.00. The molecule has 108 valence electrons. The molecule has 0 aliphatic heterocycles. The van der Waals surface area contributed by atoms with E-state index in [0.717, 1.165) is 0 Å². The first-order chi connectivity index (χ1) is 8.49. The zero-order valence-electron chi connectivity index (χ0n) is 10.7. The lowest BCUT2D eigenvalue weighted by Crippen LogP contribution is -2.17. The number of hydrogen-bond donors (Lipinski definition) is 2. The van der Waals surface area contributed by atoms with Crippen LogP contribution in [-0.4, -0.2) is 24.8 Å². The SMILES string of the molecule is CCOC(=O)C[C@@H](N)c1cc(Br)c(O)c(OC)c1.Cl. The zero-order chi connectivity index (χ0) is 13.7. The summed E-state index contributed by atoms with van der Waals surface area (Å²) in [4.78, 5) is 11.3. The average Bonchev–Trinajstić information content (AvgIpc) is 2.32. The Hall–Kier alpha value is -0.980. The van der Waals surface area contributed by atoms with Crippen LogP contribution in [0.3, 0.4) is 0 Å². The van der Waals surface area contributed by atoms with E-state index in [1.54, 1.807) is 19.1 Å². The van der Waals surface area contributed by atoms with Crippen LogP contribution in [0.4, 0.5) is 0 Å².